The number of amides is 1. The van der Waals surface area contributed by atoms with Crippen molar-refractivity contribution in [2.45, 2.75) is 6.92 Å². The molecular weight excluding hydrogens is 324 g/mol. The van der Waals surface area contributed by atoms with Gasteiger partial charge in [0.1, 0.15) is 0 Å². The molecule has 0 bridgehead atoms. The maximum absolute atomic E-state index is 12.0. The minimum Gasteiger partial charge on any atom is -0.300 e. The van der Waals surface area contributed by atoms with Gasteiger partial charge >= 0.3 is 0 Å². The topological polar surface area (TPSA) is 41.5 Å². The average molecular weight is 335 g/mol. The van der Waals surface area contributed by atoms with E-state index in [1.54, 1.807) is 23.5 Å². The van der Waals surface area contributed by atoms with Crippen LogP contribution >= 0.6 is 34.7 Å². The van der Waals surface area contributed by atoms with Gasteiger partial charge in [-0.2, -0.15) is 0 Å². The minimum absolute atomic E-state index is 0.119. The number of amidine groups is 1. The Labute approximate surface area is 135 Å². The molecule has 1 fully saturated rings. The Balaban J connectivity index is 1.83. The van der Waals surface area contributed by atoms with Crippen molar-refractivity contribution in [2.24, 2.45) is 4.99 Å². The average Bonchev–Trinajstić information content (AvgIpc) is 2.97. The molecule has 1 amide bonds. The zero-order valence-corrected chi connectivity index (χ0v) is 13.5. The summed E-state index contributed by atoms with van der Waals surface area (Å²) in [7, 11) is 0. The van der Waals surface area contributed by atoms with Crippen LogP contribution in [0.2, 0.25) is 5.02 Å². The second-order valence-electron chi connectivity index (χ2n) is 4.41. The third-order valence-corrected chi connectivity index (χ3v) is 4.82. The highest BCUT2D eigenvalue weighted by atomic mass is 35.5. The molecule has 0 aliphatic carbocycles. The Kier molecular flexibility index (Phi) is 4.14. The van der Waals surface area contributed by atoms with Crippen LogP contribution in [0.15, 0.2) is 46.3 Å². The number of nitrogens with zero attached hydrogens (tertiary/aromatic N) is 1. The van der Waals surface area contributed by atoms with Gasteiger partial charge in [0, 0.05) is 14.8 Å². The molecule has 1 aromatic heterocycles. The van der Waals surface area contributed by atoms with E-state index in [-0.39, 0.29) is 5.91 Å². The van der Waals surface area contributed by atoms with Gasteiger partial charge in [-0.05, 0) is 55.1 Å². The van der Waals surface area contributed by atoms with Crippen molar-refractivity contribution in [1.29, 1.82) is 0 Å². The van der Waals surface area contributed by atoms with Gasteiger partial charge in [-0.3, -0.25) is 4.79 Å². The first-order valence-electron chi connectivity index (χ1n) is 6.22. The standard InChI is InChI=1S/C15H11ClN2OS2/c1-9-5-6-12(20-9)8-13-14(19)18-15(21-13)17-11-4-2-3-10(16)7-11/h2-8H,1H3,(H,17,18,19)/b13-8-. The van der Waals surface area contributed by atoms with Gasteiger partial charge in [-0.1, -0.05) is 17.7 Å². The van der Waals surface area contributed by atoms with Crippen LogP contribution in [-0.2, 0) is 4.79 Å². The highest BCUT2D eigenvalue weighted by Gasteiger charge is 2.23. The van der Waals surface area contributed by atoms with Crippen LogP contribution in [0.3, 0.4) is 0 Å². The Bertz CT molecular complexity index is 765. The van der Waals surface area contributed by atoms with Crippen molar-refractivity contribution in [2.75, 3.05) is 0 Å². The Hall–Kier alpha value is -1.56. The first-order valence-corrected chi connectivity index (χ1v) is 8.23. The summed E-state index contributed by atoms with van der Waals surface area (Å²) in [6.07, 6.45) is 1.89. The lowest BCUT2D eigenvalue weighted by molar-refractivity contribution is -0.115. The van der Waals surface area contributed by atoms with E-state index in [2.05, 4.69) is 10.3 Å². The van der Waals surface area contributed by atoms with Crippen molar-refractivity contribution in [3.05, 3.63) is 56.1 Å². The number of hydrogen-bond donors (Lipinski definition) is 1. The number of halogens is 1. The molecule has 0 saturated carbocycles. The van der Waals surface area contributed by atoms with E-state index < -0.39 is 0 Å². The van der Waals surface area contributed by atoms with E-state index in [1.807, 2.05) is 37.3 Å². The zero-order valence-electron chi connectivity index (χ0n) is 11.1. The lowest BCUT2D eigenvalue weighted by Gasteiger charge is -1.96. The van der Waals surface area contributed by atoms with E-state index in [9.17, 15) is 4.79 Å². The summed E-state index contributed by atoms with van der Waals surface area (Å²) in [4.78, 5) is 19.3. The van der Waals surface area contributed by atoms with Crippen molar-refractivity contribution in [3.8, 4) is 0 Å². The van der Waals surface area contributed by atoms with Crippen molar-refractivity contribution in [3.63, 3.8) is 0 Å². The molecule has 0 spiro atoms. The fourth-order valence-corrected chi connectivity index (χ4v) is 3.72. The number of nitrogens with one attached hydrogen (secondary N) is 1. The van der Waals surface area contributed by atoms with Gasteiger partial charge in [0.2, 0.25) is 0 Å². The summed E-state index contributed by atoms with van der Waals surface area (Å²) in [5.41, 5.74) is 0.721. The molecule has 2 aromatic rings. The number of hydrogen-bond acceptors (Lipinski definition) is 4. The van der Waals surface area contributed by atoms with E-state index in [4.69, 9.17) is 11.6 Å². The van der Waals surface area contributed by atoms with Gasteiger partial charge < -0.3 is 5.32 Å². The molecule has 3 rings (SSSR count). The van der Waals surface area contributed by atoms with Crippen LogP contribution in [0, 0.1) is 6.92 Å². The highest BCUT2D eigenvalue weighted by Crippen LogP contribution is 2.30. The van der Waals surface area contributed by atoms with Crippen molar-refractivity contribution >= 4 is 57.5 Å². The summed E-state index contributed by atoms with van der Waals surface area (Å²) < 4.78 is 0. The fraction of sp³-hybridized carbons (Fsp3) is 0.0667. The summed E-state index contributed by atoms with van der Waals surface area (Å²) >= 11 is 8.92. The van der Waals surface area contributed by atoms with Crippen molar-refractivity contribution < 1.29 is 4.79 Å². The lowest BCUT2D eigenvalue weighted by atomic mass is 10.3. The molecule has 1 aromatic carbocycles. The molecule has 1 saturated heterocycles. The zero-order chi connectivity index (χ0) is 14.8. The summed E-state index contributed by atoms with van der Waals surface area (Å²) in [6.45, 7) is 2.04. The van der Waals surface area contributed by atoms with Crippen LogP contribution in [0.1, 0.15) is 9.75 Å². The van der Waals surface area contributed by atoms with Crippen LogP contribution in [0.5, 0.6) is 0 Å². The SMILES string of the molecule is Cc1ccc(/C=C2\SC(=Nc3cccc(Cl)c3)NC2=O)s1. The molecule has 3 nitrogen and oxygen atoms in total. The van der Waals surface area contributed by atoms with Gasteiger partial charge in [-0.15, -0.1) is 11.3 Å². The number of carbonyl (C=O) groups excluding carboxylic acids is 1. The first-order chi connectivity index (χ1) is 10.1. The summed E-state index contributed by atoms with van der Waals surface area (Å²) in [5, 5.41) is 3.96. The Morgan fingerprint density at radius 1 is 1.29 bits per heavy atom. The second-order valence-corrected chi connectivity index (χ2v) is 7.20. The van der Waals surface area contributed by atoms with Gasteiger partial charge in [-0.25, -0.2) is 4.99 Å². The van der Waals surface area contributed by atoms with Crippen LogP contribution < -0.4 is 5.32 Å². The maximum Gasteiger partial charge on any atom is 0.264 e. The molecule has 1 N–H and O–H groups in total. The number of aliphatic imine (C=N–C) groups is 1. The normalized spacial score (nSPS) is 18.5. The molecule has 106 valence electrons. The van der Waals surface area contributed by atoms with Gasteiger partial charge in [0.05, 0.1) is 10.6 Å². The van der Waals surface area contributed by atoms with Crippen LogP contribution in [0.25, 0.3) is 6.08 Å². The largest absolute Gasteiger partial charge is 0.300 e. The Morgan fingerprint density at radius 3 is 2.86 bits per heavy atom. The first kappa shape index (κ1) is 14.4. The lowest BCUT2D eigenvalue weighted by Crippen LogP contribution is -2.19. The molecule has 1 aliphatic rings. The quantitative estimate of drug-likeness (QED) is 0.815. The van der Waals surface area contributed by atoms with E-state index >= 15 is 0 Å². The molecule has 6 heteroatoms. The van der Waals surface area contributed by atoms with Gasteiger partial charge in [0.25, 0.3) is 5.91 Å². The number of rotatable bonds is 2. The van der Waals surface area contributed by atoms with E-state index in [0.29, 0.717) is 15.1 Å². The molecule has 21 heavy (non-hydrogen) atoms. The molecule has 2 heterocycles. The Morgan fingerprint density at radius 2 is 2.14 bits per heavy atom. The summed E-state index contributed by atoms with van der Waals surface area (Å²) in [5.74, 6) is -0.119. The van der Waals surface area contributed by atoms with E-state index in [0.717, 1.165) is 10.6 Å². The monoisotopic (exact) mass is 334 g/mol. The molecule has 1 aliphatic heterocycles. The smallest absolute Gasteiger partial charge is 0.264 e. The highest BCUT2D eigenvalue weighted by molar-refractivity contribution is 8.18. The number of thiophene rings is 1. The third kappa shape index (κ3) is 3.56. The number of carbonyl (C=O) groups is 1. The maximum atomic E-state index is 12.0. The fourth-order valence-electron chi connectivity index (χ4n) is 1.80. The number of thioether (sulfide) groups is 1. The van der Waals surface area contributed by atoms with Crippen LogP contribution in [-0.4, -0.2) is 11.1 Å². The molecular formula is C15H11ClN2OS2. The van der Waals surface area contributed by atoms with Gasteiger partial charge in [0.15, 0.2) is 5.17 Å². The minimum atomic E-state index is -0.119. The number of benzene rings is 1. The number of aryl methyl sites for hydroxylation is 1. The predicted octanol–water partition coefficient (Wildman–Crippen LogP) is 4.60. The van der Waals surface area contributed by atoms with E-state index in [1.165, 1.54) is 16.6 Å². The summed E-state index contributed by atoms with van der Waals surface area (Å²) in [6, 6.07) is 11.3. The predicted molar refractivity (Wildman–Crippen MR) is 91.3 cm³/mol. The van der Waals surface area contributed by atoms with Crippen LogP contribution in [0.4, 0.5) is 5.69 Å². The molecule has 0 unspecified atom stereocenters. The molecule has 0 atom stereocenters. The molecule has 0 radical (unpaired) electrons. The second kappa shape index (κ2) is 6.05. The van der Waals surface area contributed by atoms with Crippen molar-refractivity contribution in [1.82, 2.24) is 5.32 Å². The third-order valence-electron chi connectivity index (χ3n) is 2.72.